The molecule has 8 nitrogen and oxygen atoms in total. The highest BCUT2D eigenvalue weighted by Crippen LogP contribution is 2.36. The summed E-state index contributed by atoms with van der Waals surface area (Å²) in [6.45, 7) is 7.12. The van der Waals surface area contributed by atoms with Crippen LogP contribution in [0.5, 0.6) is 0 Å². The summed E-state index contributed by atoms with van der Waals surface area (Å²) in [7, 11) is -1.30. The van der Waals surface area contributed by atoms with Crippen LogP contribution in [0.3, 0.4) is 0 Å². The minimum Gasteiger partial charge on any atom is -0.371 e. The summed E-state index contributed by atoms with van der Waals surface area (Å²) in [4.78, 5) is 25.3. The van der Waals surface area contributed by atoms with E-state index in [9.17, 15) is 9.59 Å². The number of rotatable bonds is 7. The zero-order valence-corrected chi connectivity index (χ0v) is 20.2. The van der Waals surface area contributed by atoms with Crippen LogP contribution in [0.2, 0.25) is 25.7 Å². The summed E-state index contributed by atoms with van der Waals surface area (Å²) >= 11 is 0. The quantitative estimate of drug-likeness (QED) is 0.450. The maximum absolute atomic E-state index is 15.7. The Balaban J connectivity index is 1.50. The van der Waals surface area contributed by atoms with Crippen LogP contribution < -0.4 is 11.2 Å². The predicted molar refractivity (Wildman–Crippen MR) is 123 cm³/mol. The van der Waals surface area contributed by atoms with Crippen molar-refractivity contribution in [3.05, 3.63) is 69.0 Å². The number of fused-ring (bicyclic) bond motifs is 1. The Morgan fingerprint density at radius 2 is 1.85 bits per heavy atom. The number of hydrogen-bond acceptors (Lipinski definition) is 6. The lowest BCUT2D eigenvalue weighted by Gasteiger charge is -2.44. The Morgan fingerprint density at radius 3 is 2.58 bits per heavy atom. The second-order valence-electron chi connectivity index (χ2n) is 9.68. The SMILES string of the molecule is C[Si](C)(C)CCOCn1c(=O)ccn(C2COC3COC(c4ccccc4)OC3C2F)c1=O. The molecule has 3 heterocycles. The van der Waals surface area contributed by atoms with E-state index in [-0.39, 0.29) is 19.9 Å². The van der Waals surface area contributed by atoms with Gasteiger partial charge >= 0.3 is 5.69 Å². The molecule has 2 saturated heterocycles. The first kappa shape index (κ1) is 24.0. The van der Waals surface area contributed by atoms with Crippen molar-refractivity contribution in [3.8, 4) is 0 Å². The summed E-state index contributed by atoms with van der Waals surface area (Å²) < 4.78 is 40.9. The Hall–Kier alpha value is -2.11. The van der Waals surface area contributed by atoms with Crippen LogP contribution in [0.15, 0.2) is 52.2 Å². The van der Waals surface area contributed by atoms with Crippen LogP contribution in [-0.2, 0) is 25.7 Å². The zero-order valence-electron chi connectivity index (χ0n) is 19.2. The molecule has 33 heavy (non-hydrogen) atoms. The highest BCUT2D eigenvalue weighted by Gasteiger charge is 2.47. The molecule has 0 N–H and O–H groups in total. The molecule has 5 unspecified atom stereocenters. The van der Waals surface area contributed by atoms with Crippen molar-refractivity contribution in [2.75, 3.05) is 19.8 Å². The van der Waals surface area contributed by atoms with Crippen LogP contribution in [0, 0.1) is 0 Å². The highest BCUT2D eigenvalue weighted by molar-refractivity contribution is 6.76. The predicted octanol–water partition coefficient (Wildman–Crippen LogP) is 2.71. The van der Waals surface area contributed by atoms with Crippen molar-refractivity contribution >= 4 is 8.07 Å². The normalized spacial score (nSPS) is 27.8. The first-order valence-corrected chi connectivity index (χ1v) is 14.9. The van der Waals surface area contributed by atoms with Gasteiger partial charge in [0.15, 0.2) is 12.5 Å². The summed E-state index contributed by atoms with van der Waals surface area (Å²) in [5.41, 5.74) is -0.330. The first-order valence-electron chi connectivity index (χ1n) is 11.2. The Kier molecular flexibility index (Phi) is 7.30. The number of hydrogen-bond donors (Lipinski definition) is 0. The number of nitrogens with zero attached hydrogens (tertiary/aromatic N) is 2. The van der Waals surface area contributed by atoms with Crippen molar-refractivity contribution < 1.29 is 23.3 Å². The lowest BCUT2D eigenvalue weighted by Crippen LogP contribution is -2.56. The number of benzene rings is 1. The number of alkyl halides is 1. The van der Waals surface area contributed by atoms with Gasteiger partial charge in [-0.1, -0.05) is 50.0 Å². The van der Waals surface area contributed by atoms with Crippen molar-refractivity contribution in [2.45, 2.75) is 63.1 Å². The van der Waals surface area contributed by atoms with Crippen LogP contribution in [0.1, 0.15) is 17.9 Å². The molecule has 180 valence electrons. The van der Waals surface area contributed by atoms with Gasteiger partial charge < -0.3 is 18.9 Å². The molecule has 5 atom stereocenters. The molecule has 0 radical (unpaired) electrons. The monoisotopic (exact) mass is 478 g/mol. The topological polar surface area (TPSA) is 80.9 Å². The molecule has 4 rings (SSSR count). The van der Waals surface area contributed by atoms with Crippen molar-refractivity contribution in [1.82, 2.24) is 9.13 Å². The Bertz CT molecular complexity index is 1050. The Labute approximate surface area is 192 Å². The molecule has 1 aromatic carbocycles. The van der Waals surface area contributed by atoms with E-state index in [1.54, 1.807) is 0 Å². The van der Waals surface area contributed by atoms with E-state index in [1.807, 2.05) is 30.3 Å². The van der Waals surface area contributed by atoms with Gasteiger partial charge in [0.1, 0.15) is 18.9 Å². The van der Waals surface area contributed by atoms with Gasteiger partial charge in [0.2, 0.25) is 0 Å². The van der Waals surface area contributed by atoms with E-state index >= 15 is 4.39 Å². The minimum absolute atomic E-state index is 0.0281. The van der Waals surface area contributed by atoms with Crippen molar-refractivity contribution in [3.63, 3.8) is 0 Å². The summed E-state index contributed by atoms with van der Waals surface area (Å²) in [6.07, 6.45) is -2.38. The average molecular weight is 479 g/mol. The van der Waals surface area contributed by atoms with E-state index in [0.717, 1.165) is 16.2 Å². The molecule has 0 spiro atoms. The van der Waals surface area contributed by atoms with Gasteiger partial charge in [-0.2, -0.15) is 0 Å². The van der Waals surface area contributed by atoms with E-state index < -0.39 is 50.0 Å². The van der Waals surface area contributed by atoms with Gasteiger partial charge in [-0.25, -0.2) is 13.8 Å². The molecule has 2 aromatic rings. The summed E-state index contributed by atoms with van der Waals surface area (Å²) in [6, 6.07) is 10.5. The molecule has 2 aliphatic rings. The van der Waals surface area contributed by atoms with Crippen LogP contribution in [-0.4, -0.2) is 55.4 Å². The van der Waals surface area contributed by atoms with E-state index in [0.29, 0.717) is 6.61 Å². The molecular formula is C23H31FN2O6Si. The largest absolute Gasteiger partial charge is 0.371 e. The number of halogens is 1. The lowest BCUT2D eigenvalue weighted by molar-refractivity contribution is -0.298. The minimum atomic E-state index is -1.52. The smallest absolute Gasteiger partial charge is 0.333 e. The van der Waals surface area contributed by atoms with E-state index in [4.69, 9.17) is 18.9 Å². The van der Waals surface area contributed by atoms with E-state index in [1.165, 1.54) is 16.8 Å². The molecule has 10 heteroatoms. The van der Waals surface area contributed by atoms with Crippen molar-refractivity contribution in [1.29, 1.82) is 0 Å². The van der Waals surface area contributed by atoms with Gasteiger partial charge in [0, 0.05) is 32.5 Å². The third-order valence-corrected chi connectivity index (χ3v) is 7.67. The summed E-state index contributed by atoms with van der Waals surface area (Å²) in [5.74, 6) is 0. The van der Waals surface area contributed by atoms with Gasteiger partial charge in [-0.15, -0.1) is 0 Å². The van der Waals surface area contributed by atoms with Crippen LogP contribution >= 0.6 is 0 Å². The van der Waals surface area contributed by atoms with Gasteiger partial charge in [0.05, 0.1) is 19.3 Å². The molecule has 0 aliphatic carbocycles. The summed E-state index contributed by atoms with van der Waals surface area (Å²) in [5, 5.41) is 0. The Morgan fingerprint density at radius 1 is 1.09 bits per heavy atom. The third-order valence-electron chi connectivity index (χ3n) is 5.96. The molecule has 0 amide bonds. The molecule has 0 saturated carbocycles. The standard InChI is InChI=1S/C23H31FN2O6Si/c1-33(2,3)12-11-29-15-26-19(27)9-10-25(23(26)28)17-13-30-18-14-31-22(32-21(18)20(17)24)16-7-5-4-6-8-16/h4-10,17-18,20-22H,11-15H2,1-3H3. The fraction of sp³-hybridized carbons (Fsp3) is 0.565. The maximum atomic E-state index is 15.7. The van der Waals surface area contributed by atoms with Crippen LogP contribution in [0.25, 0.3) is 0 Å². The van der Waals surface area contributed by atoms with Gasteiger partial charge in [0.25, 0.3) is 5.56 Å². The lowest BCUT2D eigenvalue weighted by atomic mass is 9.98. The number of ether oxygens (including phenoxy) is 4. The second kappa shape index (κ2) is 10.0. The second-order valence-corrected chi connectivity index (χ2v) is 15.3. The highest BCUT2D eigenvalue weighted by atomic mass is 28.3. The van der Waals surface area contributed by atoms with Crippen molar-refractivity contribution in [2.24, 2.45) is 0 Å². The molecule has 0 bridgehead atoms. The van der Waals surface area contributed by atoms with Gasteiger partial charge in [-0.3, -0.25) is 9.36 Å². The number of aromatic nitrogens is 2. The molecule has 2 aliphatic heterocycles. The third kappa shape index (κ3) is 5.52. The van der Waals surface area contributed by atoms with Gasteiger partial charge in [-0.05, 0) is 6.04 Å². The molecule has 1 aromatic heterocycles. The first-order chi connectivity index (χ1) is 15.7. The molecular weight excluding hydrogens is 447 g/mol. The fourth-order valence-corrected chi connectivity index (χ4v) is 4.72. The molecule has 2 fully saturated rings. The maximum Gasteiger partial charge on any atom is 0.333 e. The van der Waals surface area contributed by atoms with E-state index in [2.05, 4.69) is 19.6 Å². The van der Waals surface area contributed by atoms with Crippen LogP contribution in [0.4, 0.5) is 4.39 Å². The zero-order chi connectivity index (χ0) is 23.6. The average Bonchev–Trinajstić information content (AvgIpc) is 2.79. The fourth-order valence-electron chi connectivity index (χ4n) is 3.96.